The van der Waals surface area contributed by atoms with Gasteiger partial charge in [0.05, 0.1) is 24.8 Å². The lowest BCUT2D eigenvalue weighted by molar-refractivity contribution is -0.130. The Morgan fingerprint density at radius 3 is 2.30 bits per heavy atom. The molecule has 0 fully saturated rings. The molecule has 2 N–H and O–H groups in total. The van der Waals surface area contributed by atoms with Gasteiger partial charge in [0.2, 0.25) is 0 Å². The van der Waals surface area contributed by atoms with Gasteiger partial charge in [-0.2, -0.15) is 0 Å². The molecule has 6 heteroatoms. The number of benzene rings is 2. The molecule has 0 unspecified atom stereocenters. The van der Waals surface area contributed by atoms with Crippen molar-refractivity contribution in [3.05, 3.63) is 52.5 Å². The van der Waals surface area contributed by atoms with Crippen LogP contribution in [0.15, 0.2) is 36.4 Å². The number of carboxylic acid groups (broad SMARTS) is 1. The van der Waals surface area contributed by atoms with Gasteiger partial charge in [0.1, 0.15) is 5.75 Å². The van der Waals surface area contributed by atoms with Gasteiger partial charge in [0, 0.05) is 0 Å². The Labute approximate surface area is 138 Å². The average Bonchev–Trinajstić information content (AvgIpc) is 2.52. The zero-order valence-electron chi connectivity index (χ0n) is 12.5. The molecule has 2 aromatic carbocycles. The molecule has 2 rings (SSSR count). The van der Waals surface area contributed by atoms with Gasteiger partial charge in [-0.3, -0.25) is 0 Å². The summed E-state index contributed by atoms with van der Waals surface area (Å²) in [5.41, 5.74) is 1.08. The van der Waals surface area contributed by atoms with Crippen molar-refractivity contribution in [1.29, 1.82) is 0 Å². The maximum Gasteiger partial charge on any atom is 0.336 e. The highest BCUT2D eigenvalue weighted by Crippen LogP contribution is 2.37. The number of carbonyl (C=O) groups is 1. The maximum absolute atomic E-state index is 11.5. The fourth-order valence-electron chi connectivity index (χ4n) is 2.10. The quantitative estimate of drug-likeness (QED) is 0.644. The Balaban J connectivity index is 2.54. The van der Waals surface area contributed by atoms with E-state index < -0.39 is 5.97 Å². The van der Waals surface area contributed by atoms with Crippen molar-refractivity contribution in [2.45, 2.75) is 0 Å². The van der Waals surface area contributed by atoms with Crippen molar-refractivity contribution in [3.8, 4) is 17.2 Å². The van der Waals surface area contributed by atoms with Crippen LogP contribution in [-0.4, -0.2) is 30.4 Å². The number of carboxylic acids is 1. The van der Waals surface area contributed by atoms with Gasteiger partial charge in [0.15, 0.2) is 11.5 Å². The lowest BCUT2D eigenvalue weighted by Gasteiger charge is -2.11. The third-order valence-corrected chi connectivity index (χ3v) is 3.46. The van der Waals surface area contributed by atoms with Gasteiger partial charge < -0.3 is 19.7 Å². The molecule has 0 aliphatic carbocycles. The normalized spacial score (nSPS) is 11.2. The van der Waals surface area contributed by atoms with Crippen LogP contribution in [0, 0.1) is 0 Å². The molecule has 120 valence electrons. The summed E-state index contributed by atoms with van der Waals surface area (Å²) in [6.07, 6.45) is 1.47. The second kappa shape index (κ2) is 7.07. The Hall–Kier alpha value is -2.66. The van der Waals surface area contributed by atoms with Crippen molar-refractivity contribution in [3.63, 3.8) is 0 Å². The zero-order chi connectivity index (χ0) is 17.0. The Bertz CT molecular complexity index is 750. The van der Waals surface area contributed by atoms with Gasteiger partial charge in [-0.1, -0.05) is 23.7 Å². The van der Waals surface area contributed by atoms with Gasteiger partial charge in [-0.05, 0) is 41.5 Å². The van der Waals surface area contributed by atoms with Crippen LogP contribution >= 0.6 is 11.6 Å². The summed E-state index contributed by atoms with van der Waals surface area (Å²) < 4.78 is 10.4. The minimum Gasteiger partial charge on any atom is -0.508 e. The number of halogens is 1. The number of hydrogen-bond donors (Lipinski definition) is 2. The summed E-state index contributed by atoms with van der Waals surface area (Å²) in [6.45, 7) is 0. The predicted molar refractivity (Wildman–Crippen MR) is 88.2 cm³/mol. The smallest absolute Gasteiger partial charge is 0.336 e. The molecule has 0 aliphatic rings. The second-order valence-corrected chi connectivity index (χ2v) is 5.06. The summed E-state index contributed by atoms with van der Waals surface area (Å²) in [5.74, 6) is -0.247. The van der Waals surface area contributed by atoms with E-state index in [0.717, 1.165) is 0 Å². The number of phenolic OH excluding ortho intramolecular Hbond substituents is 1. The van der Waals surface area contributed by atoms with Crippen molar-refractivity contribution in [2.75, 3.05) is 14.2 Å². The monoisotopic (exact) mass is 334 g/mol. The average molecular weight is 335 g/mol. The molecule has 0 spiro atoms. The van der Waals surface area contributed by atoms with E-state index in [9.17, 15) is 15.0 Å². The van der Waals surface area contributed by atoms with Crippen LogP contribution in [0.25, 0.3) is 11.6 Å². The van der Waals surface area contributed by atoms with Crippen LogP contribution in [0.3, 0.4) is 0 Å². The third-order valence-electron chi connectivity index (χ3n) is 3.18. The highest BCUT2D eigenvalue weighted by Gasteiger charge is 2.14. The molecule has 23 heavy (non-hydrogen) atoms. The van der Waals surface area contributed by atoms with Crippen molar-refractivity contribution >= 4 is 29.2 Å². The Morgan fingerprint density at radius 1 is 1.13 bits per heavy atom. The number of ether oxygens (including phenoxy) is 2. The Morgan fingerprint density at radius 2 is 1.78 bits per heavy atom. The lowest BCUT2D eigenvalue weighted by atomic mass is 10.0. The predicted octanol–water partition coefficient (Wildman–Crippen LogP) is 3.69. The van der Waals surface area contributed by atoms with Crippen LogP contribution in [0.5, 0.6) is 17.2 Å². The summed E-state index contributed by atoms with van der Waals surface area (Å²) in [6, 6.07) is 9.12. The molecule has 0 bridgehead atoms. The zero-order valence-corrected chi connectivity index (χ0v) is 13.3. The largest absolute Gasteiger partial charge is 0.508 e. The first-order chi connectivity index (χ1) is 11.0. The number of phenols is 1. The molecule has 0 atom stereocenters. The summed E-state index contributed by atoms with van der Waals surface area (Å²) in [7, 11) is 2.94. The van der Waals surface area contributed by atoms with E-state index in [0.29, 0.717) is 27.6 Å². The maximum atomic E-state index is 11.5. The molecular weight excluding hydrogens is 320 g/mol. The second-order valence-electron chi connectivity index (χ2n) is 4.65. The fourth-order valence-corrected chi connectivity index (χ4v) is 2.39. The molecule has 0 amide bonds. The fraction of sp³-hybridized carbons (Fsp3) is 0.118. The number of hydrogen-bond acceptors (Lipinski definition) is 4. The minimum atomic E-state index is -1.10. The van der Waals surface area contributed by atoms with Gasteiger partial charge >= 0.3 is 5.97 Å². The molecule has 2 aromatic rings. The number of rotatable bonds is 5. The van der Waals surface area contributed by atoms with E-state index >= 15 is 0 Å². The van der Waals surface area contributed by atoms with Crippen molar-refractivity contribution < 1.29 is 24.5 Å². The standard InChI is InChI=1S/C17H15ClO5/c1-22-15-9-10(8-14(18)16(15)23-2)7-13(17(20)21)11-3-5-12(19)6-4-11/h3-9,19H,1-2H3,(H,20,21)/b13-7-. The van der Waals surface area contributed by atoms with Crippen LogP contribution in [-0.2, 0) is 4.79 Å². The molecule has 0 heterocycles. The Kier molecular flexibility index (Phi) is 5.13. The molecular formula is C17H15ClO5. The number of aromatic hydroxyl groups is 1. The molecule has 0 aliphatic heterocycles. The highest BCUT2D eigenvalue weighted by molar-refractivity contribution is 6.32. The third kappa shape index (κ3) is 3.76. The van der Waals surface area contributed by atoms with Gasteiger partial charge in [-0.25, -0.2) is 4.79 Å². The molecule has 5 nitrogen and oxygen atoms in total. The first-order valence-corrected chi connectivity index (χ1v) is 7.00. The minimum absolute atomic E-state index is 0.0626. The molecule has 0 saturated heterocycles. The van der Waals surface area contributed by atoms with E-state index in [1.165, 1.54) is 44.6 Å². The highest BCUT2D eigenvalue weighted by atomic mass is 35.5. The van der Waals surface area contributed by atoms with Crippen LogP contribution in [0.1, 0.15) is 11.1 Å². The molecule has 0 radical (unpaired) electrons. The summed E-state index contributed by atoms with van der Waals surface area (Å²) >= 11 is 6.13. The molecule has 0 saturated carbocycles. The van der Waals surface area contributed by atoms with E-state index in [1.54, 1.807) is 12.1 Å². The first kappa shape index (κ1) is 16.7. The van der Waals surface area contributed by atoms with E-state index in [4.69, 9.17) is 21.1 Å². The van der Waals surface area contributed by atoms with Gasteiger partial charge in [0.25, 0.3) is 0 Å². The first-order valence-electron chi connectivity index (χ1n) is 6.62. The summed E-state index contributed by atoms with van der Waals surface area (Å²) in [5, 5.41) is 19.1. The lowest BCUT2D eigenvalue weighted by Crippen LogP contribution is -2.00. The SMILES string of the molecule is COc1cc(/C=C(\C(=O)O)c2ccc(O)cc2)cc(Cl)c1OC. The van der Waals surface area contributed by atoms with Crippen molar-refractivity contribution in [1.82, 2.24) is 0 Å². The van der Waals surface area contributed by atoms with Crippen molar-refractivity contribution in [2.24, 2.45) is 0 Å². The number of methoxy groups -OCH3 is 2. The van der Waals surface area contributed by atoms with E-state index in [1.807, 2.05) is 0 Å². The number of aliphatic carboxylic acids is 1. The summed E-state index contributed by atoms with van der Waals surface area (Å²) in [4.78, 5) is 11.5. The topological polar surface area (TPSA) is 76.0 Å². The van der Waals surface area contributed by atoms with E-state index in [-0.39, 0.29) is 11.3 Å². The molecule has 0 aromatic heterocycles. The van der Waals surface area contributed by atoms with Crippen LogP contribution in [0.2, 0.25) is 5.02 Å². The van der Waals surface area contributed by atoms with Crippen LogP contribution in [0.4, 0.5) is 0 Å². The van der Waals surface area contributed by atoms with Crippen LogP contribution < -0.4 is 9.47 Å². The van der Waals surface area contributed by atoms with Gasteiger partial charge in [-0.15, -0.1) is 0 Å². The van der Waals surface area contributed by atoms with E-state index in [2.05, 4.69) is 0 Å².